The lowest BCUT2D eigenvalue weighted by Crippen LogP contribution is -2.34. The number of carbonyl (C=O) groups is 2. The summed E-state index contributed by atoms with van der Waals surface area (Å²) < 4.78 is 31.8. The molecular formula is C40H36F2N4O3S. The van der Waals surface area contributed by atoms with E-state index in [1.54, 1.807) is 47.0 Å². The number of para-hydroxylation sites is 1. The lowest BCUT2D eigenvalue weighted by Gasteiger charge is -2.19. The number of benzene rings is 4. The summed E-state index contributed by atoms with van der Waals surface area (Å²) in [7, 11) is 1.94. The minimum atomic E-state index is -0.738. The smallest absolute Gasteiger partial charge is 0.319 e. The summed E-state index contributed by atoms with van der Waals surface area (Å²) in [5.74, 6) is -1.97. The molecule has 4 aromatic carbocycles. The summed E-state index contributed by atoms with van der Waals surface area (Å²) in [6.07, 6.45) is 1.41. The van der Waals surface area contributed by atoms with Gasteiger partial charge in [0.1, 0.15) is 16.5 Å². The van der Waals surface area contributed by atoms with Gasteiger partial charge in [-0.1, -0.05) is 84.9 Å². The van der Waals surface area contributed by atoms with Gasteiger partial charge < -0.3 is 15.2 Å². The van der Waals surface area contributed by atoms with Crippen LogP contribution in [0.4, 0.5) is 19.3 Å². The maximum absolute atomic E-state index is 15.1. The molecule has 2 N–H and O–H groups in total. The van der Waals surface area contributed by atoms with Gasteiger partial charge in [0.2, 0.25) is 5.43 Å². The van der Waals surface area contributed by atoms with E-state index in [1.807, 2.05) is 63.4 Å². The number of halogens is 2. The maximum Gasteiger partial charge on any atom is 0.319 e. The van der Waals surface area contributed by atoms with Gasteiger partial charge in [-0.15, -0.1) is 11.3 Å². The fourth-order valence-corrected chi connectivity index (χ4v) is 7.30. The molecule has 0 bridgehead atoms. The van der Waals surface area contributed by atoms with E-state index in [0.717, 1.165) is 5.56 Å². The summed E-state index contributed by atoms with van der Waals surface area (Å²) in [5.41, 5.74) is 2.41. The second-order valence-electron chi connectivity index (χ2n) is 12.4. The minimum Gasteiger partial charge on any atom is -0.336 e. The molecule has 7 nitrogen and oxygen atoms in total. The number of amides is 2. The third-order valence-corrected chi connectivity index (χ3v) is 9.54. The zero-order valence-corrected chi connectivity index (χ0v) is 28.7. The Bertz CT molecular complexity index is 2210. The first-order valence-electron chi connectivity index (χ1n) is 16.2. The molecule has 0 spiro atoms. The molecule has 2 amide bonds. The zero-order valence-electron chi connectivity index (χ0n) is 27.9. The topological polar surface area (TPSA) is 83.4 Å². The van der Waals surface area contributed by atoms with Gasteiger partial charge in [0.05, 0.1) is 23.2 Å². The first kappa shape index (κ1) is 34.4. The number of aromatic nitrogens is 1. The van der Waals surface area contributed by atoms with E-state index in [2.05, 4.69) is 15.5 Å². The highest BCUT2D eigenvalue weighted by atomic mass is 32.1. The van der Waals surface area contributed by atoms with Crippen molar-refractivity contribution in [2.24, 2.45) is 0 Å². The second-order valence-corrected chi connectivity index (χ2v) is 13.4. The molecule has 0 aliphatic heterocycles. The lowest BCUT2D eigenvalue weighted by atomic mass is 10.00. The SMILES string of the molecule is CC(C)NC(=O)Nc1ccccc1-c1sc2c(c1CN(C)Cc1ccccc1)c(=O)c(C(=O)c1ccccc1)cn2Cc1c(F)cccc1F. The maximum atomic E-state index is 15.1. The molecular weight excluding hydrogens is 655 g/mol. The number of ketones is 1. The van der Waals surface area contributed by atoms with Gasteiger partial charge in [-0.2, -0.15) is 0 Å². The number of anilines is 1. The molecule has 2 aromatic heterocycles. The second kappa shape index (κ2) is 15.0. The van der Waals surface area contributed by atoms with Crippen LogP contribution >= 0.6 is 11.3 Å². The van der Waals surface area contributed by atoms with E-state index in [-0.39, 0.29) is 35.1 Å². The van der Waals surface area contributed by atoms with Crippen molar-refractivity contribution in [3.63, 3.8) is 0 Å². The van der Waals surface area contributed by atoms with E-state index in [4.69, 9.17) is 0 Å². The normalized spacial score (nSPS) is 11.3. The highest BCUT2D eigenvalue weighted by Crippen LogP contribution is 2.42. The van der Waals surface area contributed by atoms with Crippen LogP contribution in [0.15, 0.2) is 114 Å². The molecule has 0 aliphatic carbocycles. The van der Waals surface area contributed by atoms with Crippen LogP contribution in [0.3, 0.4) is 0 Å². The monoisotopic (exact) mass is 690 g/mol. The van der Waals surface area contributed by atoms with Gasteiger partial charge in [-0.3, -0.25) is 14.5 Å². The van der Waals surface area contributed by atoms with Crippen molar-refractivity contribution in [2.45, 2.75) is 39.5 Å². The number of fused-ring (bicyclic) bond motifs is 1. The number of pyridine rings is 1. The third-order valence-electron chi connectivity index (χ3n) is 8.24. The van der Waals surface area contributed by atoms with Gasteiger partial charge in [0.15, 0.2) is 5.78 Å². The van der Waals surface area contributed by atoms with Crippen molar-refractivity contribution < 1.29 is 18.4 Å². The predicted octanol–water partition coefficient (Wildman–Crippen LogP) is 8.45. The molecule has 254 valence electrons. The van der Waals surface area contributed by atoms with E-state index >= 15 is 8.78 Å². The first-order valence-corrected chi connectivity index (χ1v) is 17.0. The number of carbonyl (C=O) groups excluding carboxylic acids is 2. The first-order chi connectivity index (χ1) is 24.1. The fraction of sp³-hybridized carbons (Fsp3) is 0.175. The number of urea groups is 1. The Balaban J connectivity index is 1.61. The van der Waals surface area contributed by atoms with Crippen molar-refractivity contribution >= 4 is 39.1 Å². The Morgan fingerprint density at radius 1 is 0.820 bits per heavy atom. The van der Waals surface area contributed by atoms with E-state index in [9.17, 15) is 14.4 Å². The molecule has 0 fully saturated rings. The Kier molecular flexibility index (Phi) is 10.3. The van der Waals surface area contributed by atoms with Crippen molar-refractivity contribution in [1.82, 2.24) is 14.8 Å². The molecule has 0 unspecified atom stereocenters. The highest BCUT2D eigenvalue weighted by Gasteiger charge is 2.26. The van der Waals surface area contributed by atoms with Crippen molar-refractivity contribution in [3.8, 4) is 10.4 Å². The van der Waals surface area contributed by atoms with Crippen molar-refractivity contribution in [3.05, 3.63) is 159 Å². The van der Waals surface area contributed by atoms with E-state index < -0.39 is 22.8 Å². The van der Waals surface area contributed by atoms with Crippen LogP contribution in [0.5, 0.6) is 0 Å². The van der Waals surface area contributed by atoms with Gasteiger partial charge in [0.25, 0.3) is 0 Å². The quantitative estimate of drug-likeness (QED) is 0.134. The summed E-state index contributed by atoms with van der Waals surface area (Å²) in [6, 6.07) is 28.8. The van der Waals surface area contributed by atoms with Crippen LogP contribution in [-0.4, -0.2) is 34.4 Å². The summed E-state index contributed by atoms with van der Waals surface area (Å²) in [6.45, 7) is 4.31. The summed E-state index contributed by atoms with van der Waals surface area (Å²) in [5, 5.41) is 6.07. The van der Waals surface area contributed by atoms with Crippen LogP contribution in [-0.2, 0) is 19.6 Å². The average Bonchev–Trinajstić information content (AvgIpc) is 3.47. The summed E-state index contributed by atoms with van der Waals surface area (Å²) >= 11 is 1.28. The Labute approximate surface area is 292 Å². The molecule has 0 radical (unpaired) electrons. The van der Waals surface area contributed by atoms with Crippen molar-refractivity contribution in [2.75, 3.05) is 12.4 Å². The largest absolute Gasteiger partial charge is 0.336 e. The number of hydrogen-bond acceptors (Lipinski definition) is 5. The molecule has 6 aromatic rings. The molecule has 0 atom stereocenters. The number of nitrogens with zero attached hydrogens (tertiary/aromatic N) is 2. The number of hydrogen-bond donors (Lipinski definition) is 2. The number of nitrogens with one attached hydrogen (secondary N) is 2. The van der Waals surface area contributed by atoms with Crippen LogP contribution < -0.4 is 16.1 Å². The van der Waals surface area contributed by atoms with E-state index in [1.165, 1.54) is 35.7 Å². The van der Waals surface area contributed by atoms with Gasteiger partial charge >= 0.3 is 6.03 Å². The Hall–Kier alpha value is -5.45. The lowest BCUT2D eigenvalue weighted by molar-refractivity contribution is 0.103. The third kappa shape index (κ3) is 7.41. The number of thiophene rings is 1. The minimum absolute atomic E-state index is 0.102. The molecule has 0 saturated heterocycles. The van der Waals surface area contributed by atoms with E-state index in [0.29, 0.717) is 45.2 Å². The van der Waals surface area contributed by atoms with Crippen LogP contribution in [0.2, 0.25) is 0 Å². The Morgan fingerprint density at radius 3 is 2.14 bits per heavy atom. The Morgan fingerprint density at radius 2 is 1.46 bits per heavy atom. The highest BCUT2D eigenvalue weighted by molar-refractivity contribution is 7.22. The number of rotatable bonds is 11. The van der Waals surface area contributed by atoms with Gasteiger partial charge in [0, 0.05) is 46.9 Å². The van der Waals surface area contributed by atoms with Crippen LogP contribution in [0, 0.1) is 11.6 Å². The molecule has 0 saturated carbocycles. The summed E-state index contributed by atoms with van der Waals surface area (Å²) in [4.78, 5) is 44.6. The van der Waals surface area contributed by atoms with Gasteiger partial charge in [-0.25, -0.2) is 13.6 Å². The molecule has 50 heavy (non-hydrogen) atoms. The fourth-order valence-electron chi connectivity index (χ4n) is 5.97. The molecule has 6 rings (SSSR count). The molecule has 2 heterocycles. The van der Waals surface area contributed by atoms with Crippen LogP contribution in [0.25, 0.3) is 20.7 Å². The van der Waals surface area contributed by atoms with Crippen molar-refractivity contribution in [1.29, 1.82) is 0 Å². The molecule has 10 heteroatoms. The molecule has 0 aliphatic rings. The van der Waals surface area contributed by atoms with Crippen LogP contribution in [0.1, 0.15) is 46.5 Å². The zero-order chi connectivity index (χ0) is 35.4. The standard InChI is InChI=1S/C40H36F2N4O3S/c1-25(2)43-40(49)44-34-20-11-10-17-28(34)38-30(22-45(3)21-26-13-6-4-7-14-26)35-37(48)31(36(47)27-15-8-5-9-16-27)24-46(39(35)50-38)23-29-32(41)18-12-19-33(29)42/h4-20,24-25H,21-23H2,1-3H3,(H2,43,44,49). The average molecular weight is 691 g/mol. The predicted molar refractivity (Wildman–Crippen MR) is 196 cm³/mol. The van der Waals surface area contributed by atoms with Gasteiger partial charge in [-0.05, 0) is 50.2 Å².